The maximum atomic E-state index is 5.84. The van der Waals surface area contributed by atoms with Crippen molar-refractivity contribution in [3.63, 3.8) is 0 Å². The Hall–Kier alpha value is -1.81. The second-order valence-electron chi connectivity index (χ2n) is 4.35. The van der Waals surface area contributed by atoms with Crippen LogP contribution in [0.25, 0.3) is 0 Å². The average molecular weight is 245 g/mol. The standard InChI is InChI=1S/C14H19N3O/c1-3-17-9-12(8-16-17)10-18-14-6-4-5-13(7-14)11(2)15/h4-9,11H,3,10,15H2,1-2H3/t11-/m1/s1. The SMILES string of the molecule is CCn1cc(COc2cccc([C@@H](C)N)c2)cn1. The number of nitrogens with two attached hydrogens (primary N) is 1. The summed E-state index contributed by atoms with van der Waals surface area (Å²) in [6.45, 7) is 5.43. The van der Waals surface area contributed by atoms with Gasteiger partial charge in [0.05, 0.1) is 6.20 Å². The Morgan fingerprint density at radius 1 is 1.44 bits per heavy atom. The molecule has 0 radical (unpaired) electrons. The molecule has 96 valence electrons. The Kier molecular flexibility index (Phi) is 3.99. The van der Waals surface area contributed by atoms with Gasteiger partial charge >= 0.3 is 0 Å². The number of benzene rings is 1. The lowest BCUT2D eigenvalue weighted by atomic mass is 10.1. The first kappa shape index (κ1) is 12.6. The zero-order chi connectivity index (χ0) is 13.0. The molecule has 2 rings (SSSR count). The van der Waals surface area contributed by atoms with Gasteiger partial charge in [0.2, 0.25) is 0 Å². The van der Waals surface area contributed by atoms with Gasteiger partial charge in [-0.2, -0.15) is 5.10 Å². The molecule has 1 aromatic carbocycles. The predicted octanol–water partition coefficient (Wildman–Crippen LogP) is 2.50. The fourth-order valence-electron chi connectivity index (χ4n) is 1.71. The molecular weight excluding hydrogens is 226 g/mol. The molecule has 0 saturated carbocycles. The molecule has 4 nitrogen and oxygen atoms in total. The lowest BCUT2D eigenvalue weighted by Gasteiger charge is -2.09. The summed E-state index contributed by atoms with van der Waals surface area (Å²) >= 11 is 0. The van der Waals surface area contributed by atoms with Crippen molar-refractivity contribution in [2.75, 3.05) is 0 Å². The molecule has 2 aromatic rings. The first-order valence-electron chi connectivity index (χ1n) is 6.18. The average Bonchev–Trinajstić information content (AvgIpc) is 2.84. The number of hydrogen-bond donors (Lipinski definition) is 1. The summed E-state index contributed by atoms with van der Waals surface area (Å²) in [5, 5.41) is 4.21. The maximum absolute atomic E-state index is 5.84. The lowest BCUT2D eigenvalue weighted by molar-refractivity contribution is 0.305. The number of hydrogen-bond acceptors (Lipinski definition) is 3. The Labute approximate surface area is 107 Å². The van der Waals surface area contributed by atoms with E-state index in [9.17, 15) is 0 Å². The summed E-state index contributed by atoms with van der Waals surface area (Å²) in [6, 6.07) is 7.91. The molecule has 0 aliphatic rings. The zero-order valence-corrected chi connectivity index (χ0v) is 10.8. The van der Waals surface area contributed by atoms with E-state index in [1.165, 1.54) is 0 Å². The van der Waals surface area contributed by atoms with Crippen LogP contribution in [0.2, 0.25) is 0 Å². The van der Waals surface area contributed by atoms with E-state index in [4.69, 9.17) is 10.5 Å². The van der Waals surface area contributed by atoms with Crippen LogP contribution in [0.15, 0.2) is 36.7 Å². The molecule has 1 heterocycles. The molecule has 0 aliphatic heterocycles. The van der Waals surface area contributed by atoms with Crippen molar-refractivity contribution in [3.05, 3.63) is 47.8 Å². The van der Waals surface area contributed by atoms with Crippen molar-refractivity contribution in [2.24, 2.45) is 5.73 Å². The lowest BCUT2D eigenvalue weighted by Crippen LogP contribution is -2.05. The van der Waals surface area contributed by atoms with Crippen LogP contribution in [0.4, 0.5) is 0 Å². The molecule has 2 N–H and O–H groups in total. The van der Waals surface area contributed by atoms with Crippen molar-refractivity contribution >= 4 is 0 Å². The third kappa shape index (κ3) is 3.11. The van der Waals surface area contributed by atoms with Crippen molar-refractivity contribution in [2.45, 2.75) is 33.0 Å². The van der Waals surface area contributed by atoms with Crippen LogP contribution in [0.3, 0.4) is 0 Å². The Morgan fingerprint density at radius 2 is 2.28 bits per heavy atom. The number of aryl methyl sites for hydroxylation is 1. The van der Waals surface area contributed by atoms with Crippen molar-refractivity contribution in [3.8, 4) is 5.75 Å². The van der Waals surface area contributed by atoms with Crippen LogP contribution >= 0.6 is 0 Å². The van der Waals surface area contributed by atoms with Crippen LogP contribution in [0, 0.1) is 0 Å². The van der Waals surface area contributed by atoms with E-state index in [0.717, 1.165) is 23.4 Å². The van der Waals surface area contributed by atoms with Gasteiger partial charge in [-0.05, 0) is 31.5 Å². The largest absolute Gasteiger partial charge is 0.489 e. The molecule has 0 fully saturated rings. The van der Waals surface area contributed by atoms with Crippen LogP contribution in [-0.2, 0) is 13.2 Å². The Balaban J connectivity index is 1.99. The van der Waals surface area contributed by atoms with Crippen molar-refractivity contribution < 1.29 is 4.74 Å². The van der Waals surface area contributed by atoms with Gasteiger partial charge < -0.3 is 10.5 Å². The van der Waals surface area contributed by atoms with Gasteiger partial charge in [0.15, 0.2) is 0 Å². The van der Waals surface area contributed by atoms with Crippen LogP contribution in [0.1, 0.15) is 31.0 Å². The maximum Gasteiger partial charge on any atom is 0.120 e. The Morgan fingerprint density at radius 3 is 2.94 bits per heavy atom. The van der Waals surface area contributed by atoms with Gasteiger partial charge in [-0.25, -0.2) is 0 Å². The first-order valence-corrected chi connectivity index (χ1v) is 6.18. The molecule has 1 atom stereocenters. The van der Waals surface area contributed by atoms with E-state index in [1.54, 1.807) is 0 Å². The Bertz CT molecular complexity index is 505. The van der Waals surface area contributed by atoms with Gasteiger partial charge in [-0.1, -0.05) is 12.1 Å². The third-order valence-corrected chi connectivity index (χ3v) is 2.80. The fourth-order valence-corrected chi connectivity index (χ4v) is 1.71. The highest BCUT2D eigenvalue weighted by Gasteiger charge is 2.02. The zero-order valence-electron chi connectivity index (χ0n) is 10.8. The normalized spacial score (nSPS) is 12.4. The molecule has 0 saturated heterocycles. The smallest absolute Gasteiger partial charge is 0.120 e. The minimum atomic E-state index is 0.0244. The monoisotopic (exact) mass is 245 g/mol. The van der Waals surface area contributed by atoms with E-state index in [-0.39, 0.29) is 6.04 Å². The summed E-state index contributed by atoms with van der Waals surface area (Å²) in [4.78, 5) is 0. The van der Waals surface area contributed by atoms with Crippen molar-refractivity contribution in [1.82, 2.24) is 9.78 Å². The van der Waals surface area contributed by atoms with Gasteiger partial charge in [-0.3, -0.25) is 4.68 Å². The molecule has 0 unspecified atom stereocenters. The van der Waals surface area contributed by atoms with Gasteiger partial charge in [0.1, 0.15) is 12.4 Å². The van der Waals surface area contributed by atoms with Crippen molar-refractivity contribution in [1.29, 1.82) is 0 Å². The second kappa shape index (κ2) is 5.69. The summed E-state index contributed by atoms with van der Waals surface area (Å²) in [5.74, 6) is 0.842. The summed E-state index contributed by atoms with van der Waals surface area (Å²) in [7, 11) is 0. The molecule has 18 heavy (non-hydrogen) atoms. The predicted molar refractivity (Wildman–Crippen MR) is 71.3 cm³/mol. The molecule has 4 heteroatoms. The van der Waals surface area contributed by atoms with Crippen LogP contribution in [-0.4, -0.2) is 9.78 Å². The first-order chi connectivity index (χ1) is 8.69. The highest BCUT2D eigenvalue weighted by Crippen LogP contribution is 2.18. The molecular formula is C14H19N3O. The number of rotatable bonds is 5. The summed E-state index contributed by atoms with van der Waals surface area (Å²) in [6.07, 6.45) is 3.83. The van der Waals surface area contributed by atoms with Gasteiger partial charge in [0.25, 0.3) is 0 Å². The second-order valence-corrected chi connectivity index (χ2v) is 4.35. The third-order valence-electron chi connectivity index (χ3n) is 2.80. The quantitative estimate of drug-likeness (QED) is 0.880. The van der Waals surface area contributed by atoms with E-state index < -0.39 is 0 Å². The summed E-state index contributed by atoms with van der Waals surface area (Å²) < 4.78 is 7.62. The van der Waals surface area contributed by atoms with E-state index in [2.05, 4.69) is 12.0 Å². The van der Waals surface area contributed by atoms with E-state index in [0.29, 0.717) is 6.61 Å². The number of ether oxygens (including phenoxy) is 1. The highest BCUT2D eigenvalue weighted by atomic mass is 16.5. The molecule has 0 aliphatic carbocycles. The van der Waals surface area contributed by atoms with Crippen LogP contribution in [0.5, 0.6) is 5.75 Å². The highest BCUT2D eigenvalue weighted by molar-refractivity contribution is 5.30. The molecule has 0 bridgehead atoms. The minimum absolute atomic E-state index is 0.0244. The number of nitrogens with zero attached hydrogens (tertiary/aromatic N) is 2. The van der Waals surface area contributed by atoms with E-state index >= 15 is 0 Å². The topological polar surface area (TPSA) is 53.1 Å². The minimum Gasteiger partial charge on any atom is -0.489 e. The van der Waals surface area contributed by atoms with Gasteiger partial charge in [-0.15, -0.1) is 0 Å². The molecule has 1 aromatic heterocycles. The fraction of sp³-hybridized carbons (Fsp3) is 0.357. The molecule has 0 amide bonds. The molecule has 0 spiro atoms. The summed E-state index contributed by atoms with van der Waals surface area (Å²) in [5.41, 5.74) is 7.99. The van der Waals surface area contributed by atoms with Crippen LogP contribution < -0.4 is 10.5 Å². The van der Waals surface area contributed by atoms with Gasteiger partial charge in [0, 0.05) is 24.3 Å². The number of aromatic nitrogens is 2. The van der Waals surface area contributed by atoms with E-state index in [1.807, 2.05) is 48.3 Å².